The smallest absolute Gasteiger partial charge is 0.123 e. The van der Waals surface area contributed by atoms with Gasteiger partial charge in [-0.15, -0.1) is 6.58 Å². The quantitative estimate of drug-likeness (QED) is 0.296. The Hall–Kier alpha value is -1.28. The van der Waals surface area contributed by atoms with E-state index in [1.54, 1.807) is 0 Å². The van der Waals surface area contributed by atoms with Gasteiger partial charge in [-0.2, -0.15) is 0 Å². The van der Waals surface area contributed by atoms with Crippen LogP contribution in [0.3, 0.4) is 0 Å². The maximum Gasteiger partial charge on any atom is 0.123 e. The molecule has 2 nitrogen and oxygen atoms in total. The van der Waals surface area contributed by atoms with Gasteiger partial charge in [0.05, 0.1) is 6.61 Å². The van der Waals surface area contributed by atoms with Crippen LogP contribution in [0.4, 0.5) is 0 Å². The molecule has 0 aliphatic carbocycles. The van der Waals surface area contributed by atoms with Crippen LogP contribution in [0.15, 0.2) is 36.9 Å². The Labute approximate surface area is 135 Å². The van der Waals surface area contributed by atoms with Crippen LogP contribution in [0.5, 0.6) is 5.75 Å². The Bertz CT molecular complexity index is 432. The second-order valence-corrected chi connectivity index (χ2v) is 6.62. The third-order valence-electron chi connectivity index (χ3n) is 4.23. The average Bonchev–Trinajstić information content (AvgIpc) is 3.27. The highest BCUT2D eigenvalue weighted by Crippen LogP contribution is 2.27. The zero-order chi connectivity index (χ0) is 15.7. The molecular formula is C20H30O2. The number of hydrogen-bond acceptors (Lipinski definition) is 2. The Kier molecular flexibility index (Phi) is 6.98. The summed E-state index contributed by atoms with van der Waals surface area (Å²) in [5, 5.41) is 0. The first-order valence-electron chi connectivity index (χ1n) is 8.68. The van der Waals surface area contributed by atoms with Crippen molar-refractivity contribution in [3.8, 4) is 5.75 Å². The minimum atomic E-state index is -0.0374. The molecule has 1 saturated heterocycles. The molecular weight excluding hydrogens is 272 g/mol. The summed E-state index contributed by atoms with van der Waals surface area (Å²) in [5.41, 5.74) is 1.37. The number of rotatable bonds is 12. The molecule has 1 aliphatic heterocycles. The van der Waals surface area contributed by atoms with Gasteiger partial charge in [0, 0.05) is 0 Å². The van der Waals surface area contributed by atoms with Crippen LogP contribution in [-0.4, -0.2) is 18.8 Å². The van der Waals surface area contributed by atoms with Gasteiger partial charge in [-0.25, -0.2) is 0 Å². The second-order valence-electron chi connectivity index (χ2n) is 6.62. The number of allylic oxidation sites excluding steroid dienone is 1. The van der Waals surface area contributed by atoms with E-state index in [0.717, 1.165) is 12.4 Å². The number of benzene rings is 1. The van der Waals surface area contributed by atoms with Crippen LogP contribution >= 0.6 is 0 Å². The van der Waals surface area contributed by atoms with E-state index in [-0.39, 0.29) is 5.60 Å². The molecule has 2 heteroatoms. The normalized spacial score (nSPS) is 19.9. The number of hydrogen-bond donors (Lipinski definition) is 0. The van der Waals surface area contributed by atoms with E-state index >= 15 is 0 Å². The first-order valence-corrected chi connectivity index (χ1v) is 8.68. The fourth-order valence-corrected chi connectivity index (χ4v) is 2.52. The van der Waals surface area contributed by atoms with Crippen LogP contribution in [-0.2, 0) is 11.2 Å². The maximum absolute atomic E-state index is 5.75. The predicted molar refractivity (Wildman–Crippen MR) is 92.5 cm³/mol. The van der Waals surface area contributed by atoms with Gasteiger partial charge in [-0.05, 0) is 50.3 Å². The minimum absolute atomic E-state index is 0.0374. The van der Waals surface area contributed by atoms with Crippen molar-refractivity contribution in [1.29, 1.82) is 0 Å². The SMILES string of the molecule is C=CCCCCCCCCc1ccc(OCC2(C)CO2)cc1. The molecule has 0 saturated carbocycles. The zero-order valence-electron chi connectivity index (χ0n) is 14.0. The summed E-state index contributed by atoms with van der Waals surface area (Å²) in [7, 11) is 0. The Morgan fingerprint density at radius 3 is 2.36 bits per heavy atom. The van der Waals surface area contributed by atoms with Crippen molar-refractivity contribution >= 4 is 0 Å². The highest BCUT2D eigenvalue weighted by atomic mass is 16.6. The molecule has 1 fully saturated rings. The van der Waals surface area contributed by atoms with Gasteiger partial charge in [-0.1, -0.05) is 43.9 Å². The Balaban J connectivity index is 1.53. The lowest BCUT2D eigenvalue weighted by molar-refractivity contribution is 0.202. The lowest BCUT2D eigenvalue weighted by Gasteiger charge is -2.09. The molecule has 1 aromatic rings. The van der Waals surface area contributed by atoms with Gasteiger partial charge >= 0.3 is 0 Å². The van der Waals surface area contributed by atoms with Crippen molar-refractivity contribution in [2.24, 2.45) is 0 Å². The summed E-state index contributed by atoms with van der Waals surface area (Å²) >= 11 is 0. The fraction of sp³-hybridized carbons (Fsp3) is 0.600. The van der Waals surface area contributed by atoms with E-state index in [1.165, 1.54) is 56.9 Å². The van der Waals surface area contributed by atoms with Gasteiger partial charge < -0.3 is 9.47 Å². The third kappa shape index (κ3) is 6.65. The molecule has 0 radical (unpaired) electrons. The summed E-state index contributed by atoms with van der Waals surface area (Å²) in [6, 6.07) is 8.54. The number of epoxide rings is 1. The van der Waals surface area contributed by atoms with Crippen LogP contribution < -0.4 is 4.74 Å². The molecule has 1 aliphatic rings. The van der Waals surface area contributed by atoms with Crippen molar-refractivity contribution in [1.82, 2.24) is 0 Å². The van der Waals surface area contributed by atoms with Gasteiger partial charge in [0.2, 0.25) is 0 Å². The Morgan fingerprint density at radius 2 is 1.73 bits per heavy atom. The number of unbranched alkanes of at least 4 members (excludes halogenated alkanes) is 6. The minimum Gasteiger partial charge on any atom is -0.491 e. The van der Waals surface area contributed by atoms with Gasteiger partial charge in [0.25, 0.3) is 0 Å². The van der Waals surface area contributed by atoms with Crippen molar-refractivity contribution in [3.63, 3.8) is 0 Å². The molecule has 1 unspecified atom stereocenters. The topological polar surface area (TPSA) is 21.8 Å². The van der Waals surface area contributed by atoms with E-state index in [0.29, 0.717) is 6.61 Å². The number of aryl methyl sites for hydroxylation is 1. The summed E-state index contributed by atoms with van der Waals surface area (Å²) in [6.07, 6.45) is 12.3. The third-order valence-corrected chi connectivity index (χ3v) is 4.23. The lowest BCUT2D eigenvalue weighted by Crippen LogP contribution is -2.16. The molecule has 1 atom stereocenters. The van der Waals surface area contributed by atoms with Crippen LogP contribution in [0.2, 0.25) is 0 Å². The van der Waals surface area contributed by atoms with Gasteiger partial charge in [0.15, 0.2) is 0 Å². The summed E-state index contributed by atoms with van der Waals surface area (Å²) in [6.45, 7) is 7.31. The van der Waals surface area contributed by atoms with Crippen LogP contribution in [0, 0.1) is 0 Å². The van der Waals surface area contributed by atoms with Crippen molar-refractivity contribution in [2.75, 3.05) is 13.2 Å². The Morgan fingerprint density at radius 1 is 1.09 bits per heavy atom. The van der Waals surface area contributed by atoms with Crippen LogP contribution in [0.25, 0.3) is 0 Å². The van der Waals surface area contributed by atoms with E-state index in [9.17, 15) is 0 Å². The van der Waals surface area contributed by atoms with Gasteiger partial charge in [0.1, 0.15) is 18.0 Å². The predicted octanol–water partition coefficient (Wildman–Crippen LogP) is 5.31. The first-order chi connectivity index (χ1) is 10.7. The molecule has 1 aromatic carbocycles. The zero-order valence-corrected chi connectivity index (χ0v) is 14.0. The summed E-state index contributed by atoms with van der Waals surface area (Å²) < 4.78 is 11.1. The molecule has 2 rings (SSSR count). The highest BCUT2D eigenvalue weighted by Gasteiger charge is 2.40. The fourth-order valence-electron chi connectivity index (χ4n) is 2.52. The van der Waals surface area contributed by atoms with Gasteiger partial charge in [-0.3, -0.25) is 0 Å². The van der Waals surface area contributed by atoms with E-state index < -0.39 is 0 Å². The van der Waals surface area contributed by atoms with Crippen molar-refractivity contribution in [3.05, 3.63) is 42.5 Å². The first kappa shape index (κ1) is 17.1. The summed E-state index contributed by atoms with van der Waals surface area (Å²) in [5.74, 6) is 0.947. The second kappa shape index (κ2) is 8.99. The molecule has 0 N–H and O–H groups in total. The molecule has 0 aromatic heterocycles. The molecule has 0 bridgehead atoms. The standard InChI is InChI=1S/C20H30O2/c1-3-4-5-6-7-8-9-10-11-18-12-14-19(15-13-18)21-16-20(2)17-22-20/h3,12-15H,1,4-11,16-17H2,2H3. The molecule has 1 heterocycles. The van der Waals surface area contributed by atoms with E-state index in [2.05, 4.69) is 37.8 Å². The van der Waals surface area contributed by atoms with Crippen molar-refractivity contribution < 1.29 is 9.47 Å². The monoisotopic (exact) mass is 302 g/mol. The van der Waals surface area contributed by atoms with Crippen LogP contribution in [0.1, 0.15) is 57.4 Å². The molecule has 0 amide bonds. The molecule has 122 valence electrons. The van der Waals surface area contributed by atoms with E-state index in [1.807, 2.05) is 6.08 Å². The lowest BCUT2D eigenvalue weighted by atomic mass is 10.0. The van der Waals surface area contributed by atoms with Crippen molar-refractivity contribution in [2.45, 2.75) is 63.9 Å². The highest BCUT2D eigenvalue weighted by molar-refractivity contribution is 5.27. The summed E-state index contributed by atoms with van der Waals surface area (Å²) in [4.78, 5) is 0. The molecule has 0 spiro atoms. The molecule has 22 heavy (non-hydrogen) atoms. The maximum atomic E-state index is 5.75. The largest absolute Gasteiger partial charge is 0.491 e. The van der Waals surface area contributed by atoms with E-state index in [4.69, 9.17) is 9.47 Å². The number of ether oxygens (including phenoxy) is 2. The average molecular weight is 302 g/mol.